The molecule has 1 aliphatic rings. The van der Waals surface area contributed by atoms with E-state index in [1.165, 1.54) is 17.8 Å². The molecule has 1 fully saturated rings. The largest absolute Gasteiger partial charge is 0.363 e. The van der Waals surface area contributed by atoms with Gasteiger partial charge in [-0.05, 0) is 12.8 Å². The SMILES string of the molecule is CNc1nnc(C2CC2)s1. The molecule has 1 saturated carbocycles. The van der Waals surface area contributed by atoms with Gasteiger partial charge in [0.25, 0.3) is 0 Å². The second kappa shape index (κ2) is 2.20. The van der Waals surface area contributed by atoms with Crippen LogP contribution in [-0.2, 0) is 0 Å². The van der Waals surface area contributed by atoms with Crippen LogP contribution >= 0.6 is 11.3 Å². The molecule has 0 amide bonds. The Hall–Kier alpha value is -0.640. The monoisotopic (exact) mass is 155 g/mol. The summed E-state index contributed by atoms with van der Waals surface area (Å²) in [6, 6.07) is 0. The fraction of sp³-hybridized carbons (Fsp3) is 0.667. The molecule has 1 aromatic heterocycles. The van der Waals surface area contributed by atoms with Crippen LogP contribution in [0.25, 0.3) is 0 Å². The van der Waals surface area contributed by atoms with Crippen molar-refractivity contribution in [2.75, 3.05) is 12.4 Å². The van der Waals surface area contributed by atoms with Crippen LogP contribution in [0.2, 0.25) is 0 Å². The topological polar surface area (TPSA) is 37.8 Å². The van der Waals surface area contributed by atoms with E-state index in [4.69, 9.17) is 0 Å². The molecule has 1 N–H and O–H groups in total. The van der Waals surface area contributed by atoms with E-state index >= 15 is 0 Å². The van der Waals surface area contributed by atoms with E-state index < -0.39 is 0 Å². The highest BCUT2D eigenvalue weighted by Crippen LogP contribution is 2.41. The van der Waals surface area contributed by atoms with Crippen molar-refractivity contribution in [3.8, 4) is 0 Å². The molecule has 0 atom stereocenters. The molecule has 1 heterocycles. The average Bonchev–Trinajstić information content (AvgIpc) is 2.70. The molecule has 0 unspecified atom stereocenters. The summed E-state index contributed by atoms with van der Waals surface area (Å²) in [6.45, 7) is 0. The van der Waals surface area contributed by atoms with Gasteiger partial charge < -0.3 is 5.32 Å². The molecule has 0 spiro atoms. The second-order valence-corrected chi connectivity index (χ2v) is 3.48. The van der Waals surface area contributed by atoms with E-state index in [2.05, 4.69) is 15.5 Å². The standard InChI is InChI=1S/C6H9N3S/c1-7-6-9-8-5(10-6)4-2-3-4/h4H,2-3H2,1H3,(H,7,9). The van der Waals surface area contributed by atoms with Gasteiger partial charge in [0.15, 0.2) is 0 Å². The Morgan fingerprint density at radius 2 is 2.30 bits per heavy atom. The minimum Gasteiger partial charge on any atom is -0.363 e. The highest BCUT2D eigenvalue weighted by Gasteiger charge is 2.27. The van der Waals surface area contributed by atoms with Crippen LogP contribution in [0.4, 0.5) is 5.13 Å². The molecule has 1 aromatic rings. The summed E-state index contributed by atoms with van der Waals surface area (Å²) in [7, 11) is 1.87. The van der Waals surface area contributed by atoms with Crippen LogP contribution < -0.4 is 5.32 Å². The summed E-state index contributed by atoms with van der Waals surface area (Å²) in [4.78, 5) is 0. The van der Waals surface area contributed by atoms with Gasteiger partial charge in [-0.3, -0.25) is 0 Å². The van der Waals surface area contributed by atoms with Gasteiger partial charge in [0.05, 0.1) is 0 Å². The van der Waals surface area contributed by atoms with Crippen LogP contribution in [0, 0.1) is 0 Å². The lowest BCUT2D eigenvalue weighted by molar-refractivity contribution is 0.976. The molecular weight excluding hydrogens is 146 g/mol. The maximum atomic E-state index is 4.06. The lowest BCUT2D eigenvalue weighted by atomic mass is 10.5. The summed E-state index contributed by atoms with van der Waals surface area (Å²) >= 11 is 1.67. The smallest absolute Gasteiger partial charge is 0.205 e. The third-order valence-electron chi connectivity index (χ3n) is 1.58. The van der Waals surface area contributed by atoms with E-state index in [0.29, 0.717) is 0 Å². The van der Waals surface area contributed by atoms with Crippen molar-refractivity contribution in [3.63, 3.8) is 0 Å². The normalized spacial score (nSPS) is 17.3. The van der Waals surface area contributed by atoms with Gasteiger partial charge in [-0.25, -0.2) is 0 Å². The Morgan fingerprint density at radius 3 is 2.80 bits per heavy atom. The maximum absolute atomic E-state index is 4.06. The number of anilines is 1. The molecule has 0 radical (unpaired) electrons. The summed E-state index contributed by atoms with van der Waals surface area (Å²) in [5.41, 5.74) is 0. The van der Waals surface area contributed by atoms with Gasteiger partial charge in [-0.1, -0.05) is 11.3 Å². The van der Waals surface area contributed by atoms with Crippen LogP contribution in [0.15, 0.2) is 0 Å². The van der Waals surface area contributed by atoms with Gasteiger partial charge in [-0.2, -0.15) is 0 Å². The first-order valence-electron chi connectivity index (χ1n) is 3.41. The van der Waals surface area contributed by atoms with E-state index in [-0.39, 0.29) is 0 Å². The van der Waals surface area contributed by atoms with Gasteiger partial charge in [-0.15, -0.1) is 10.2 Å². The summed E-state index contributed by atoms with van der Waals surface area (Å²) < 4.78 is 0. The van der Waals surface area contributed by atoms with Crippen molar-refractivity contribution in [1.29, 1.82) is 0 Å². The second-order valence-electron chi connectivity index (χ2n) is 2.47. The first kappa shape index (κ1) is 6.09. The zero-order valence-corrected chi connectivity index (χ0v) is 6.61. The summed E-state index contributed by atoms with van der Waals surface area (Å²) in [5.74, 6) is 0.736. The number of hydrogen-bond acceptors (Lipinski definition) is 4. The highest BCUT2D eigenvalue weighted by molar-refractivity contribution is 7.15. The average molecular weight is 155 g/mol. The van der Waals surface area contributed by atoms with Crippen LogP contribution in [-0.4, -0.2) is 17.2 Å². The number of nitrogens with zero attached hydrogens (tertiary/aromatic N) is 2. The van der Waals surface area contributed by atoms with Crippen LogP contribution in [0.3, 0.4) is 0 Å². The lowest BCUT2D eigenvalue weighted by Crippen LogP contribution is -1.84. The van der Waals surface area contributed by atoms with E-state index in [9.17, 15) is 0 Å². The Kier molecular flexibility index (Phi) is 1.34. The Morgan fingerprint density at radius 1 is 1.50 bits per heavy atom. The summed E-state index contributed by atoms with van der Waals surface area (Å²) in [6.07, 6.45) is 2.61. The minimum absolute atomic E-state index is 0.736. The molecular formula is C6H9N3S. The first-order chi connectivity index (χ1) is 4.90. The molecule has 0 aromatic carbocycles. The number of nitrogens with one attached hydrogen (secondary N) is 1. The van der Waals surface area contributed by atoms with Gasteiger partial charge in [0.2, 0.25) is 5.13 Å². The predicted molar refractivity (Wildman–Crippen MR) is 41.4 cm³/mol. The quantitative estimate of drug-likeness (QED) is 0.702. The van der Waals surface area contributed by atoms with Crippen LogP contribution in [0.1, 0.15) is 23.8 Å². The molecule has 2 rings (SSSR count). The zero-order valence-electron chi connectivity index (χ0n) is 5.79. The molecule has 3 nitrogen and oxygen atoms in total. The van der Waals surface area contributed by atoms with Gasteiger partial charge >= 0.3 is 0 Å². The molecule has 4 heteroatoms. The van der Waals surface area contributed by atoms with Crippen molar-refractivity contribution in [2.45, 2.75) is 18.8 Å². The van der Waals surface area contributed by atoms with Gasteiger partial charge in [0.1, 0.15) is 5.01 Å². The van der Waals surface area contributed by atoms with Crippen molar-refractivity contribution < 1.29 is 0 Å². The maximum Gasteiger partial charge on any atom is 0.205 e. The lowest BCUT2D eigenvalue weighted by Gasteiger charge is -1.84. The molecule has 0 saturated heterocycles. The molecule has 10 heavy (non-hydrogen) atoms. The summed E-state index contributed by atoms with van der Waals surface area (Å²) in [5, 5.41) is 13.1. The Labute approximate surface area is 63.5 Å². The van der Waals surface area contributed by atoms with Crippen molar-refractivity contribution in [3.05, 3.63) is 5.01 Å². The van der Waals surface area contributed by atoms with Crippen molar-refractivity contribution in [1.82, 2.24) is 10.2 Å². The molecule has 0 aliphatic heterocycles. The van der Waals surface area contributed by atoms with E-state index in [1.54, 1.807) is 11.3 Å². The molecule has 54 valence electrons. The Balaban J connectivity index is 2.19. The zero-order chi connectivity index (χ0) is 6.97. The van der Waals surface area contributed by atoms with E-state index in [1.807, 2.05) is 7.05 Å². The number of hydrogen-bond donors (Lipinski definition) is 1. The Bertz CT molecular complexity index is 229. The third-order valence-corrected chi connectivity index (χ3v) is 2.68. The first-order valence-corrected chi connectivity index (χ1v) is 4.23. The fourth-order valence-electron chi connectivity index (χ4n) is 0.831. The minimum atomic E-state index is 0.736. The van der Waals surface area contributed by atoms with Crippen LogP contribution in [0.5, 0.6) is 0 Å². The fourth-order valence-corrected chi connectivity index (χ4v) is 1.70. The van der Waals surface area contributed by atoms with Crippen molar-refractivity contribution in [2.24, 2.45) is 0 Å². The van der Waals surface area contributed by atoms with Crippen molar-refractivity contribution >= 4 is 16.5 Å². The predicted octanol–water partition coefficient (Wildman–Crippen LogP) is 1.46. The van der Waals surface area contributed by atoms with Gasteiger partial charge in [0, 0.05) is 13.0 Å². The van der Waals surface area contributed by atoms with E-state index in [0.717, 1.165) is 11.0 Å². The third kappa shape index (κ3) is 0.988. The number of rotatable bonds is 2. The number of aromatic nitrogens is 2. The highest BCUT2D eigenvalue weighted by atomic mass is 32.1. The molecule has 0 bridgehead atoms. The molecule has 1 aliphatic carbocycles.